The number of imidazole rings is 1. The van der Waals surface area contributed by atoms with Gasteiger partial charge in [-0.15, -0.1) is 0 Å². The molecule has 0 bridgehead atoms. The van der Waals surface area contributed by atoms with Crippen LogP contribution in [0.3, 0.4) is 0 Å². The number of nitrogens with one attached hydrogen (secondary N) is 1. The molecule has 0 aromatic carbocycles. The van der Waals surface area contributed by atoms with Gasteiger partial charge in [0, 0.05) is 12.4 Å². The molecular formula is C3H3N4. The lowest BCUT2D eigenvalue weighted by atomic mass is 11.0. The summed E-state index contributed by atoms with van der Waals surface area (Å²) >= 11 is 0. The zero-order chi connectivity index (χ0) is 5.11. The third kappa shape index (κ3) is 0.623. The van der Waals surface area contributed by atoms with E-state index in [2.05, 4.69) is 15.1 Å². The maximum absolute atomic E-state index is 7.96. The highest BCUT2D eigenvalue weighted by Crippen LogP contribution is 1.95. The van der Waals surface area contributed by atoms with Crippen molar-refractivity contribution in [3.63, 3.8) is 0 Å². The molecule has 1 aromatic rings. The van der Waals surface area contributed by atoms with E-state index in [0.29, 0.717) is 0 Å². The van der Waals surface area contributed by atoms with Crippen LogP contribution in [0.1, 0.15) is 0 Å². The molecule has 1 aromatic heterocycles. The molecule has 35 valence electrons. The average molecular weight is 95.1 g/mol. The number of aromatic nitrogens is 2. The Hall–Kier alpha value is -1.19. The fraction of sp³-hybridized carbons (Fsp3) is 0. The van der Waals surface area contributed by atoms with E-state index < -0.39 is 0 Å². The van der Waals surface area contributed by atoms with Crippen LogP contribution < -0.4 is 5.53 Å². The Morgan fingerprint density at radius 1 is 1.86 bits per heavy atom. The molecule has 0 saturated carbocycles. The Balaban J connectivity index is 2.96. The van der Waals surface area contributed by atoms with Gasteiger partial charge in [0.05, 0.1) is 0 Å². The van der Waals surface area contributed by atoms with E-state index in [9.17, 15) is 0 Å². The van der Waals surface area contributed by atoms with E-state index >= 15 is 0 Å². The molecule has 0 aliphatic carbocycles. The molecule has 0 fully saturated rings. The minimum Gasteiger partial charge on any atom is -0.328 e. The van der Waals surface area contributed by atoms with Crippen LogP contribution in [0.25, 0.3) is 0 Å². The number of nitrogens with zero attached hydrogens (tertiary/aromatic N) is 3. The van der Waals surface area contributed by atoms with Crippen molar-refractivity contribution < 1.29 is 0 Å². The molecule has 1 radical (unpaired) electrons. The predicted molar refractivity (Wildman–Crippen MR) is 22.8 cm³/mol. The summed E-state index contributed by atoms with van der Waals surface area (Å²) < 4.78 is 0. The van der Waals surface area contributed by atoms with E-state index in [1.54, 1.807) is 6.20 Å². The van der Waals surface area contributed by atoms with Crippen LogP contribution in [-0.4, -0.2) is 9.97 Å². The van der Waals surface area contributed by atoms with Gasteiger partial charge in [0.25, 0.3) is 0 Å². The molecule has 1 N–H and O–H groups in total. The largest absolute Gasteiger partial charge is 0.328 e. The van der Waals surface area contributed by atoms with Crippen molar-refractivity contribution in [3.8, 4) is 0 Å². The average Bonchev–Trinajstić information content (AvgIpc) is 2.14. The first-order valence-electron chi connectivity index (χ1n) is 1.78. The van der Waals surface area contributed by atoms with Crippen LogP contribution in [0.4, 0.5) is 5.95 Å². The molecule has 4 heteroatoms. The summed E-state index contributed by atoms with van der Waals surface area (Å²) in [6.07, 6.45) is 3.09. The monoisotopic (exact) mass is 95.0 g/mol. The normalized spacial score (nSPS) is 8.57. The van der Waals surface area contributed by atoms with Crippen molar-refractivity contribution in [2.45, 2.75) is 0 Å². The quantitative estimate of drug-likeness (QED) is 0.500. The zero-order valence-electron chi connectivity index (χ0n) is 3.50. The van der Waals surface area contributed by atoms with Crippen molar-refractivity contribution in [3.05, 3.63) is 12.4 Å². The fourth-order valence-corrected chi connectivity index (χ4v) is 0.312. The van der Waals surface area contributed by atoms with Crippen molar-refractivity contribution in [2.75, 3.05) is 0 Å². The van der Waals surface area contributed by atoms with Gasteiger partial charge in [0.15, 0.2) is 0 Å². The highest BCUT2D eigenvalue weighted by atomic mass is 15.1. The molecule has 0 amide bonds. The second kappa shape index (κ2) is 1.51. The molecular weight excluding hydrogens is 92.1 g/mol. The number of aromatic amines is 1. The maximum Gasteiger partial charge on any atom is 0.248 e. The predicted octanol–water partition coefficient (Wildman–Crippen LogP) is 0.293. The lowest BCUT2D eigenvalue weighted by Crippen LogP contribution is -1.60. The number of hydrogen-bond acceptors (Lipinski definition) is 2. The molecule has 0 saturated heterocycles. The van der Waals surface area contributed by atoms with Crippen molar-refractivity contribution in [1.82, 2.24) is 15.5 Å². The Bertz CT molecular complexity index is 142. The number of H-pyrrole nitrogens is 1. The minimum atomic E-state index is 0.236. The molecule has 1 rings (SSSR count). The summed E-state index contributed by atoms with van der Waals surface area (Å²) in [5.74, 6) is 0.236. The van der Waals surface area contributed by atoms with Crippen LogP contribution in [0.2, 0.25) is 0 Å². The highest BCUT2D eigenvalue weighted by molar-refractivity contribution is 5.09. The topological polar surface area (TPSA) is 63.3 Å². The number of rotatable bonds is 1. The molecule has 0 aliphatic rings. The molecule has 7 heavy (non-hydrogen) atoms. The second-order valence-corrected chi connectivity index (χ2v) is 1.01. The van der Waals surface area contributed by atoms with Gasteiger partial charge in [0.2, 0.25) is 5.95 Å². The number of hydrogen-bond donors (Lipinski definition) is 1. The molecule has 4 nitrogen and oxygen atoms in total. The Morgan fingerprint density at radius 3 is 3.00 bits per heavy atom. The Kier molecular flexibility index (Phi) is 0.856. The standard InChI is InChI=1S/C3H3N4/c4-7-3-5-1-2-6-3/h1-2H,(H,5,6). The van der Waals surface area contributed by atoms with Gasteiger partial charge < -0.3 is 4.98 Å². The van der Waals surface area contributed by atoms with Crippen molar-refractivity contribution >= 4 is 5.95 Å². The third-order valence-electron chi connectivity index (χ3n) is 0.579. The van der Waals surface area contributed by atoms with Crippen LogP contribution in [0, 0.1) is 0 Å². The summed E-state index contributed by atoms with van der Waals surface area (Å²) in [4.78, 5) is 6.12. The van der Waals surface area contributed by atoms with Gasteiger partial charge in [-0.05, 0) is 5.53 Å². The second-order valence-electron chi connectivity index (χ2n) is 1.01. The van der Waals surface area contributed by atoms with Crippen LogP contribution in [-0.2, 0) is 0 Å². The van der Waals surface area contributed by atoms with E-state index in [1.165, 1.54) is 6.20 Å². The SMILES string of the molecule is [N]=Nc1ncc[nH]1. The van der Waals surface area contributed by atoms with Crippen LogP contribution in [0.5, 0.6) is 0 Å². The van der Waals surface area contributed by atoms with Crippen molar-refractivity contribution in [1.29, 1.82) is 0 Å². The van der Waals surface area contributed by atoms with Gasteiger partial charge in [-0.3, -0.25) is 0 Å². The summed E-state index contributed by atoms with van der Waals surface area (Å²) in [6.45, 7) is 0. The lowest BCUT2D eigenvalue weighted by Gasteiger charge is -1.69. The summed E-state index contributed by atoms with van der Waals surface area (Å²) in [5.41, 5.74) is 7.96. The minimum absolute atomic E-state index is 0.236. The van der Waals surface area contributed by atoms with E-state index in [4.69, 9.17) is 5.53 Å². The molecule has 0 spiro atoms. The Labute approximate surface area is 40.1 Å². The zero-order valence-corrected chi connectivity index (χ0v) is 3.50. The van der Waals surface area contributed by atoms with Crippen molar-refractivity contribution in [2.24, 2.45) is 5.11 Å². The fourth-order valence-electron chi connectivity index (χ4n) is 0.312. The van der Waals surface area contributed by atoms with Gasteiger partial charge >= 0.3 is 0 Å². The summed E-state index contributed by atoms with van der Waals surface area (Å²) in [5, 5.41) is 2.76. The van der Waals surface area contributed by atoms with E-state index in [0.717, 1.165) is 0 Å². The Morgan fingerprint density at radius 2 is 2.71 bits per heavy atom. The summed E-state index contributed by atoms with van der Waals surface area (Å²) in [7, 11) is 0. The first-order chi connectivity index (χ1) is 3.43. The lowest BCUT2D eigenvalue weighted by molar-refractivity contribution is 1.15. The van der Waals surface area contributed by atoms with Crippen LogP contribution >= 0.6 is 0 Å². The van der Waals surface area contributed by atoms with E-state index in [-0.39, 0.29) is 5.95 Å². The third-order valence-corrected chi connectivity index (χ3v) is 0.579. The highest BCUT2D eigenvalue weighted by Gasteiger charge is 1.82. The smallest absolute Gasteiger partial charge is 0.248 e. The van der Waals surface area contributed by atoms with Gasteiger partial charge in [-0.25, -0.2) is 4.98 Å². The van der Waals surface area contributed by atoms with Gasteiger partial charge in [0.1, 0.15) is 0 Å². The summed E-state index contributed by atoms with van der Waals surface area (Å²) in [6, 6.07) is 0. The maximum atomic E-state index is 7.96. The first-order valence-corrected chi connectivity index (χ1v) is 1.78. The molecule has 0 unspecified atom stereocenters. The van der Waals surface area contributed by atoms with Crippen LogP contribution in [0.15, 0.2) is 17.5 Å². The van der Waals surface area contributed by atoms with Gasteiger partial charge in [-0.2, -0.15) is 0 Å². The molecule has 0 atom stereocenters. The molecule has 1 heterocycles. The van der Waals surface area contributed by atoms with Gasteiger partial charge in [-0.1, -0.05) is 5.11 Å². The van der Waals surface area contributed by atoms with E-state index in [1.807, 2.05) is 0 Å². The first kappa shape index (κ1) is 3.98. The molecule has 0 aliphatic heterocycles.